The molecule has 0 aromatic heterocycles. The molecule has 0 radical (unpaired) electrons. The molecule has 0 heterocycles. The molecule has 7 heteroatoms. The first-order chi connectivity index (χ1) is 8.74. The van der Waals surface area contributed by atoms with Crippen molar-refractivity contribution in [3.05, 3.63) is 34.4 Å². The lowest BCUT2D eigenvalue weighted by Crippen LogP contribution is -2.14. The van der Waals surface area contributed by atoms with Gasteiger partial charge >= 0.3 is 0 Å². The Bertz CT molecular complexity index is 577. The average Bonchev–Trinajstić information content (AvgIpc) is 2.36. The minimum Gasteiger partial charge on any atom is -0.300 e. The molecular weight excluding hydrogens is 270 g/mol. The second kappa shape index (κ2) is 5.92. The zero-order chi connectivity index (χ0) is 14.6. The summed E-state index contributed by atoms with van der Waals surface area (Å²) in [6, 6.07) is 4.74. The molecule has 6 nitrogen and oxygen atoms in total. The molecule has 1 aromatic carbocycles. The molecule has 19 heavy (non-hydrogen) atoms. The van der Waals surface area contributed by atoms with E-state index in [1.54, 1.807) is 6.92 Å². The fourth-order valence-corrected chi connectivity index (χ4v) is 2.88. The maximum atomic E-state index is 12.0. The van der Waals surface area contributed by atoms with Gasteiger partial charge in [-0.3, -0.25) is 14.9 Å². The fourth-order valence-electron chi connectivity index (χ4n) is 1.43. The summed E-state index contributed by atoms with van der Waals surface area (Å²) in [6.45, 7) is 3.09. The minimum atomic E-state index is -3.51. The van der Waals surface area contributed by atoms with Gasteiger partial charge in [0.1, 0.15) is 5.78 Å². The Kier molecular flexibility index (Phi) is 4.77. The highest BCUT2D eigenvalue weighted by molar-refractivity contribution is 7.91. The molecule has 1 atom stereocenters. The number of non-ortho nitro benzene ring substituents is 1. The molecule has 1 rings (SSSR count). The summed E-state index contributed by atoms with van der Waals surface area (Å²) in [5.74, 6) is -0.516. The van der Waals surface area contributed by atoms with E-state index in [4.69, 9.17) is 0 Å². The Morgan fingerprint density at radius 1 is 1.32 bits per heavy atom. The number of hydrogen-bond donors (Lipinski definition) is 0. The number of Topliss-reactive ketones (excluding diaryl/α,β-unsaturated/α-hetero) is 1. The van der Waals surface area contributed by atoms with Crippen molar-refractivity contribution in [3.63, 3.8) is 0 Å². The molecule has 0 saturated carbocycles. The Labute approximate surface area is 111 Å². The van der Waals surface area contributed by atoms with Crippen molar-refractivity contribution in [2.75, 3.05) is 5.75 Å². The standard InChI is InChI=1S/C12H15NO5S/c1-9(10(2)14)7-8-19(17,18)12-5-3-11(4-6-12)13(15)16/h3-6,9H,7-8H2,1-2H3. The van der Waals surface area contributed by atoms with Crippen molar-refractivity contribution in [2.24, 2.45) is 5.92 Å². The number of benzene rings is 1. The summed E-state index contributed by atoms with van der Waals surface area (Å²) in [5.41, 5.74) is -0.156. The van der Waals surface area contributed by atoms with E-state index in [1.165, 1.54) is 19.1 Å². The van der Waals surface area contributed by atoms with Crippen molar-refractivity contribution in [1.29, 1.82) is 0 Å². The van der Waals surface area contributed by atoms with Crippen LogP contribution < -0.4 is 0 Å². The van der Waals surface area contributed by atoms with Crippen LogP contribution in [0.25, 0.3) is 0 Å². The minimum absolute atomic E-state index is 0.0360. The van der Waals surface area contributed by atoms with Crippen LogP contribution in [0.1, 0.15) is 20.3 Å². The Morgan fingerprint density at radius 3 is 2.26 bits per heavy atom. The molecule has 0 saturated heterocycles. The molecular formula is C12H15NO5S. The van der Waals surface area contributed by atoms with Crippen LogP contribution in [-0.2, 0) is 14.6 Å². The van der Waals surface area contributed by atoms with Crippen LogP contribution in [-0.4, -0.2) is 24.9 Å². The number of ketones is 1. The van der Waals surface area contributed by atoms with Gasteiger partial charge in [0.05, 0.1) is 15.6 Å². The molecule has 1 unspecified atom stereocenters. The summed E-state index contributed by atoms with van der Waals surface area (Å²) >= 11 is 0. The van der Waals surface area contributed by atoms with Crippen LogP contribution in [0.3, 0.4) is 0 Å². The fraction of sp³-hybridized carbons (Fsp3) is 0.417. The molecule has 0 bridgehead atoms. The lowest BCUT2D eigenvalue weighted by molar-refractivity contribution is -0.384. The van der Waals surface area contributed by atoms with E-state index in [0.29, 0.717) is 0 Å². The van der Waals surface area contributed by atoms with E-state index in [9.17, 15) is 23.3 Å². The number of rotatable bonds is 6. The molecule has 0 amide bonds. The van der Waals surface area contributed by atoms with Crippen molar-refractivity contribution < 1.29 is 18.1 Å². The van der Waals surface area contributed by atoms with Gasteiger partial charge in [-0.05, 0) is 25.5 Å². The summed E-state index contributed by atoms with van der Waals surface area (Å²) in [6.07, 6.45) is 0.245. The largest absolute Gasteiger partial charge is 0.300 e. The van der Waals surface area contributed by atoms with E-state index in [0.717, 1.165) is 12.1 Å². The summed E-state index contributed by atoms with van der Waals surface area (Å²) in [5, 5.41) is 10.5. The van der Waals surface area contributed by atoms with E-state index < -0.39 is 14.8 Å². The predicted molar refractivity (Wildman–Crippen MR) is 69.6 cm³/mol. The first kappa shape index (κ1) is 15.3. The zero-order valence-electron chi connectivity index (χ0n) is 10.7. The van der Waals surface area contributed by atoms with Gasteiger partial charge in [0.15, 0.2) is 9.84 Å². The smallest absolute Gasteiger partial charge is 0.269 e. The van der Waals surface area contributed by atoms with Crippen LogP contribution >= 0.6 is 0 Å². The van der Waals surface area contributed by atoms with Gasteiger partial charge in [-0.2, -0.15) is 0 Å². The van der Waals surface area contributed by atoms with Gasteiger partial charge in [0.25, 0.3) is 5.69 Å². The van der Waals surface area contributed by atoms with Gasteiger partial charge in [0, 0.05) is 18.1 Å². The molecule has 104 valence electrons. The highest BCUT2D eigenvalue weighted by atomic mass is 32.2. The second-order valence-electron chi connectivity index (χ2n) is 4.37. The van der Waals surface area contributed by atoms with Gasteiger partial charge < -0.3 is 0 Å². The van der Waals surface area contributed by atoms with Crippen LogP contribution in [0, 0.1) is 16.0 Å². The maximum absolute atomic E-state index is 12.0. The molecule has 1 aromatic rings. The molecule has 0 aliphatic carbocycles. The number of hydrogen-bond acceptors (Lipinski definition) is 5. The van der Waals surface area contributed by atoms with Crippen LogP contribution in [0.2, 0.25) is 0 Å². The third-order valence-electron chi connectivity index (χ3n) is 2.92. The summed E-state index contributed by atoms with van der Waals surface area (Å²) < 4.78 is 23.9. The highest BCUT2D eigenvalue weighted by Gasteiger charge is 2.18. The predicted octanol–water partition coefficient (Wildman–Crippen LogP) is 1.98. The van der Waals surface area contributed by atoms with Crippen molar-refractivity contribution in [2.45, 2.75) is 25.2 Å². The monoisotopic (exact) mass is 285 g/mol. The van der Waals surface area contributed by atoms with E-state index in [2.05, 4.69) is 0 Å². The lowest BCUT2D eigenvalue weighted by Gasteiger charge is -2.08. The number of carbonyl (C=O) groups excluding carboxylic acids is 1. The zero-order valence-corrected chi connectivity index (χ0v) is 11.5. The van der Waals surface area contributed by atoms with Gasteiger partial charge in [-0.25, -0.2) is 8.42 Å². The number of nitro benzene ring substituents is 1. The summed E-state index contributed by atoms with van der Waals surface area (Å²) in [7, 11) is -3.51. The quantitative estimate of drug-likeness (QED) is 0.588. The van der Waals surface area contributed by atoms with Crippen LogP contribution in [0.4, 0.5) is 5.69 Å². The number of carbonyl (C=O) groups is 1. The number of nitro groups is 1. The first-order valence-electron chi connectivity index (χ1n) is 5.71. The SMILES string of the molecule is CC(=O)C(C)CCS(=O)(=O)c1ccc([N+](=O)[O-])cc1. The Balaban J connectivity index is 2.83. The highest BCUT2D eigenvalue weighted by Crippen LogP contribution is 2.18. The first-order valence-corrected chi connectivity index (χ1v) is 7.37. The third kappa shape index (κ3) is 4.13. The van der Waals surface area contributed by atoms with Crippen molar-refractivity contribution in [3.8, 4) is 0 Å². The third-order valence-corrected chi connectivity index (χ3v) is 4.68. The van der Waals surface area contributed by atoms with Gasteiger partial charge in [-0.15, -0.1) is 0 Å². The maximum Gasteiger partial charge on any atom is 0.269 e. The van der Waals surface area contributed by atoms with Crippen molar-refractivity contribution in [1.82, 2.24) is 0 Å². The Morgan fingerprint density at radius 2 is 1.84 bits per heavy atom. The topological polar surface area (TPSA) is 94.3 Å². The van der Waals surface area contributed by atoms with Crippen LogP contribution in [0.5, 0.6) is 0 Å². The average molecular weight is 285 g/mol. The Hall–Kier alpha value is -1.76. The summed E-state index contributed by atoms with van der Waals surface area (Å²) in [4.78, 5) is 21.0. The van der Waals surface area contributed by atoms with Crippen molar-refractivity contribution >= 4 is 21.3 Å². The normalized spacial score (nSPS) is 12.9. The van der Waals surface area contributed by atoms with Crippen LogP contribution in [0.15, 0.2) is 29.2 Å². The molecule has 0 aliphatic heterocycles. The molecule has 0 fully saturated rings. The molecule has 0 N–H and O–H groups in total. The number of sulfone groups is 1. The molecule has 0 aliphatic rings. The van der Waals surface area contributed by atoms with Gasteiger partial charge in [-0.1, -0.05) is 6.92 Å². The lowest BCUT2D eigenvalue weighted by atomic mass is 10.1. The van der Waals surface area contributed by atoms with E-state index >= 15 is 0 Å². The second-order valence-corrected chi connectivity index (χ2v) is 6.48. The molecule has 0 spiro atoms. The van der Waals surface area contributed by atoms with Gasteiger partial charge in [0.2, 0.25) is 0 Å². The number of nitrogens with zero attached hydrogens (tertiary/aromatic N) is 1. The van der Waals surface area contributed by atoms with E-state index in [-0.39, 0.29) is 34.5 Å². The van der Waals surface area contributed by atoms with E-state index in [1.807, 2.05) is 0 Å².